The predicted molar refractivity (Wildman–Crippen MR) is 36.2 cm³/mol. The number of carboxylic acid groups (broad SMARTS) is 2. The summed E-state index contributed by atoms with van der Waals surface area (Å²) in [5.41, 5.74) is 0. The number of aliphatic carboxylic acids is 2. The molecule has 0 N–H and O–H groups in total. The molecule has 0 aliphatic rings. The van der Waals surface area contributed by atoms with Crippen LogP contribution >= 0.6 is 0 Å². The van der Waals surface area contributed by atoms with Crippen molar-refractivity contribution in [3.8, 4) is 0 Å². The van der Waals surface area contributed by atoms with Gasteiger partial charge in [-0.05, 0) is 12.2 Å². The Bertz CT molecular complexity index is 135. The quantitative estimate of drug-likeness (QED) is 0.322. The summed E-state index contributed by atoms with van der Waals surface area (Å²) in [7, 11) is 0. The van der Waals surface area contributed by atoms with Gasteiger partial charge in [-0.15, -0.1) is 0 Å². The van der Waals surface area contributed by atoms with Gasteiger partial charge in [0.1, 0.15) is 0 Å². The van der Waals surface area contributed by atoms with Gasteiger partial charge in [-0.3, -0.25) is 0 Å². The molecule has 4 nitrogen and oxygen atoms in total. The van der Waals surface area contributed by atoms with E-state index in [0.29, 0.717) is 0 Å². The summed E-state index contributed by atoms with van der Waals surface area (Å²) in [5, 5.41) is 18.3. The molecule has 11 heavy (non-hydrogen) atoms. The maximum absolute atomic E-state index is 9.14. The topological polar surface area (TPSA) is 80.3 Å². The van der Waals surface area contributed by atoms with Crippen molar-refractivity contribution in [2.24, 2.45) is 0 Å². The van der Waals surface area contributed by atoms with E-state index in [2.05, 4.69) is 13.2 Å². The molecule has 0 aromatic heterocycles. The average Bonchev–Trinajstić information content (AvgIpc) is 1.89. The molecule has 0 spiro atoms. The van der Waals surface area contributed by atoms with Crippen LogP contribution in [-0.4, -0.2) is 22.1 Å². The Morgan fingerprint density at radius 2 is 1.09 bits per heavy atom. The summed E-state index contributed by atoms with van der Waals surface area (Å²) in [4.78, 5) is 18.3. The first-order valence-electron chi connectivity index (χ1n) is 2.21. The molecule has 0 radical (unpaired) electrons. The van der Waals surface area contributed by atoms with E-state index in [1.807, 2.05) is 0 Å². The Labute approximate surface area is 68.1 Å². The van der Waals surface area contributed by atoms with Crippen LogP contribution < -0.4 is 10.2 Å². The third-order valence-electron chi connectivity index (χ3n) is 0.333. The molecule has 0 heterocycles. The van der Waals surface area contributed by atoms with E-state index in [1.54, 1.807) is 0 Å². The van der Waals surface area contributed by atoms with Crippen LogP contribution in [0.15, 0.2) is 25.3 Å². The number of hydrogen-bond donors (Lipinski definition) is 0. The van der Waals surface area contributed by atoms with E-state index in [0.717, 1.165) is 12.2 Å². The van der Waals surface area contributed by atoms with Crippen molar-refractivity contribution in [1.29, 1.82) is 0 Å². The molecule has 0 saturated carbocycles. The predicted octanol–water partition coefficient (Wildman–Crippen LogP) is -2.54. The van der Waals surface area contributed by atoms with Gasteiger partial charge in [0.05, 0.1) is 11.9 Å². The van der Waals surface area contributed by atoms with Gasteiger partial charge in [-0.25, -0.2) is 0 Å². The van der Waals surface area contributed by atoms with E-state index in [-0.39, 0.29) is 10.1 Å². The summed E-state index contributed by atoms with van der Waals surface area (Å²) in [6.45, 7) is 5.80. The van der Waals surface area contributed by atoms with E-state index >= 15 is 0 Å². The molecular formula is C6H6BeO4. The van der Waals surface area contributed by atoms with Crippen molar-refractivity contribution in [2.75, 3.05) is 0 Å². The van der Waals surface area contributed by atoms with Crippen molar-refractivity contribution in [1.82, 2.24) is 0 Å². The molecule has 0 rings (SSSR count). The molecule has 0 aliphatic heterocycles. The van der Waals surface area contributed by atoms with Gasteiger partial charge in [0, 0.05) is 0 Å². The summed E-state index contributed by atoms with van der Waals surface area (Å²) < 4.78 is 0. The van der Waals surface area contributed by atoms with Crippen LogP contribution in [-0.2, 0) is 9.59 Å². The van der Waals surface area contributed by atoms with Crippen LogP contribution in [0.2, 0.25) is 0 Å². The van der Waals surface area contributed by atoms with Crippen molar-refractivity contribution in [3.05, 3.63) is 25.3 Å². The molecule has 0 amide bonds. The molecule has 0 unspecified atom stereocenters. The van der Waals surface area contributed by atoms with Crippen molar-refractivity contribution in [2.45, 2.75) is 0 Å². The van der Waals surface area contributed by atoms with Gasteiger partial charge < -0.3 is 19.8 Å². The third kappa shape index (κ3) is 55.6. The number of rotatable bonds is 2. The van der Waals surface area contributed by atoms with E-state index in [9.17, 15) is 0 Å². The zero-order valence-electron chi connectivity index (χ0n) is 5.91. The van der Waals surface area contributed by atoms with Crippen LogP contribution in [0.5, 0.6) is 0 Å². The minimum atomic E-state index is -1.23. The SMILES string of the molecule is C=CC(=O)[O-].C=CC(=O)[O-].[Be+2]. The van der Waals surface area contributed by atoms with Crippen molar-refractivity contribution in [3.63, 3.8) is 0 Å². The second-order valence-electron chi connectivity index (χ2n) is 1.05. The summed E-state index contributed by atoms with van der Waals surface area (Å²) in [6, 6.07) is 0. The third-order valence-corrected chi connectivity index (χ3v) is 0.333. The maximum atomic E-state index is 9.14. The minimum Gasteiger partial charge on any atom is -0.545 e. The second-order valence-corrected chi connectivity index (χ2v) is 1.05. The van der Waals surface area contributed by atoms with Crippen molar-refractivity contribution < 1.29 is 19.8 Å². The Morgan fingerprint density at radius 1 is 1.00 bits per heavy atom. The van der Waals surface area contributed by atoms with Crippen LogP contribution in [0, 0.1) is 0 Å². The van der Waals surface area contributed by atoms with Crippen molar-refractivity contribution >= 4 is 22.1 Å². The first-order valence-corrected chi connectivity index (χ1v) is 2.21. The molecule has 0 aromatic rings. The first kappa shape index (κ1) is 16.3. The fraction of sp³-hybridized carbons (Fsp3) is 0. The Morgan fingerprint density at radius 3 is 1.09 bits per heavy atom. The summed E-state index contributed by atoms with van der Waals surface area (Å²) >= 11 is 0. The van der Waals surface area contributed by atoms with Gasteiger partial charge in [0.15, 0.2) is 0 Å². The molecule has 0 aliphatic carbocycles. The van der Waals surface area contributed by atoms with Gasteiger partial charge in [0.2, 0.25) is 0 Å². The molecule has 0 fully saturated rings. The number of hydrogen-bond acceptors (Lipinski definition) is 4. The molecule has 0 bridgehead atoms. The van der Waals surface area contributed by atoms with Gasteiger partial charge in [-0.2, -0.15) is 0 Å². The second kappa shape index (κ2) is 11.4. The van der Waals surface area contributed by atoms with Crippen LogP contribution in [0.4, 0.5) is 0 Å². The molecule has 56 valence electrons. The Hall–Kier alpha value is -1.41. The van der Waals surface area contributed by atoms with E-state index in [4.69, 9.17) is 19.8 Å². The van der Waals surface area contributed by atoms with Gasteiger partial charge in [-0.1, -0.05) is 13.2 Å². The zero-order valence-corrected chi connectivity index (χ0v) is 5.91. The maximum Gasteiger partial charge on any atom is 2.00 e. The fourth-order valence-corrected chi connectivity index (χ4v) is 0. The number of carbonyl (C=O) groups is 2. The minimum absolute atomic E-state index is 0. The number of carboxylic acids is 2. The van der Waals surface area contributed by atoms with Crippen LogP contribution in [0.1, 0.15) is 0 Å². The standard InChI is InChI=1S/2C3H4O2.Be/c2*1-2-3(4)5;/h2*2H,1H2,(H,4,5);/q;;+2/p-2. The smallest absolute Gasteiger partial charge is 0.545 e. The Kier molecular flexibility index (Phi) is 16.9. The molecule has 0 saturated heterocycles. The average molecular weight is 151 g/mol. The molecule has 5 heteroatoms. The Balaban J connectivity index is -0.000000107. The monoisotopic (exact) mass is 151 g/mol. The van der Waals surface area contributed by atoms with E-state index < -0.39 is 11.9 Å². The summed E-state index contributed by atoms with van der Waals surface area (Å²) in [5.74, 6) is -2.46. The molecule has 0 aromatic carbocycles. The number of carbonyl (C=O) groups excluding carboxylic acids is 2. The summed E-state index contributed by atoms with van der Waals surface area (Å²) in [6.07, 6.45) is 1.44. The van der Waals surface area contributed by atoms with Crippen LogP contribution in [0.3, 0.4) is 0 Å². The van der Waals surface area contributed by atoms with Gasteiger partial charge >= 0.3 is 10.1 Å². The fourth-order valence-electron chi connectivity index (χ4n) is 0. The van der Waals surface area contributed by atoms with Gasteiger partial charge in [0.25, 0.3) is 0 Å². The largest absolute Gasteiger partial charge is 2.00 e. The first-order chi connectivity index (χ1) is 4.54. The normalized spacial score (nSPS) is 5.82. The molecular weight excluding hydrogens is 145 g/mol. The molecule has 0 atom stereocenters. The zero-order chi connectivity index (χ0) is 8.57. The van der Waals surface area contributed by atoms with Crippen LogP contribution in [0.25, 0.3) is 0 Å². The van der Waals surface area contributed by atoms with E-state index in [1.165, 1.54) is 0 Å².